The zero-order valence-electron chi connectivity index (χ0n) is 13.5. The third kappa shape index (κ3) is 7.38. The number of hydrogen-bond acceptors (Lipinski definition) is 5. The Labute approximate surface area is 151 Å². The first-order valence-corrected chi connectivity index (χ1v) is 8.26. The van der Waals surface area contributed by atoms with Crippen LogP contribution in [0.15, 0.2) is 18.2 Å². The Balaban J connectivity index is 2.37. The number of aliphatic hydroxyl groups is 1. The predicted molar refractivity (Wildman–Crippen MR) is 91.5 cm³/mol. The number of carbonyl (C=O) groups is 2. The van der Waals surface area contributed by atoms with Crippen LogP contribution in [0.3, 0.4) is 0 Å². The number of methoxy groups -OCH3 is 1. The van der Waals surface area contributed by atoms with Crippen molar-refractivity contribution in [1.29, 1.82) is 0 Å². The molecule has 0 spiro atoms. The van der Waals surface area contributed by atoms with E-state index in [1.165, 1.54) is 12.0 Å². The van der Waals surface area contributed by atoms with Gasteiger partial charge in [0.1, 0.15) is 5.75 Å². The molecule has 1 aromatic rings. The maximum absolute atomic E-state index is 12.1. The lowest BCUT2D eigenvalue weighted by Gasteiger charge is -2.21. The van der Waals surface area contributed by atoms with Gasteiger partial charge in [-0.1, -0.05) is 23.2 Å². The largest absolute Gasteiger partial charge is 0.492 e. The summed E-state index contributed by atoms with van der Waals surface area (Å²) in [5.74, 6) is -0.0448. The fourth-order valence-electron chi connectivity index (χ4n) is 1.97. The summed E-state index contributed by atoms with van der Waals surface area (Å²) in [5.41, 5.74) is 0. The second-order valence-corrected chi connectivity index (χ2v) is 5.80. The van der Waals surface area contributed by atoms with Gasteiger partial charge in [0, 0.05) is 24.5 Å². The van der Waals surface area contributed by atoms with Crippen LogP contribution in [0, 0.1) is 0 Å². The van der Waals surface area contributed by atoms with Crippen molar-refractivity contribution >= 4 is 35.1 Å². The predicted octanol–water partition coefficient (Wildman–Crippen LogP) is 2.54. The molecule has 0 aliphatic rings. The van der Waals surface area contributed by atoms with Gasteiger partial charge in [0.05, 0.1) is 31.8 Å². The van der Waals surface area contributed by atoms with Crippen LogP contribution < -0.4 is 4.74 Å². The summed E-state index contributed by atoms with van der Waals surface area (Å²) in [6.07, 6.45) is 0.823. The zero-order valence-corrected chi connectivity index (χ0v) is 15.0. The van der Waals surface area contributed by atoms with Crippen LogP contribution in [-0.4, -0.2) is 55.3 Å². The Hall–Kier alpha value is -1.50. The number of carbonyl (C=O) groups excluding carboxylic acids is 2. The molecule has 0 unspecified atom stereocenters. The van der Waals surface area contributed by atoms with Crippen LogP contribution in [0.4, 0.5) is 0 Å². The minimum atomic E-state index is -0.397. The molecule has 1 rings (SSSR count). The molecule has 0 aliphatic heterocycles. The number of nitrogens with zero attached hydrogens (tertiary/aromatic N) is 1. The third-order valence-corrected chi connectivity index (χ3v) is 3.75. The lowest BCUT2D eigenvalue weighted by atomic mass is 10.2. The highest BCUT2D eigenvalue weighted by Gasteiger charge is 2.14. The molecule has 134 valence electrons. The molecule has 0 fully saturated rings. The zero-order chi connectivity index (χ0) is 17.9. The molecular formula is C16H21Cl2NO5. The lowest BCUT2D eigenvalue weighted by Crippen LogP contribution is -2.35. The fourth-order valence-corrected chi connectivity index (χ4v) is 2.43. The molecule has 0 saturated carbocycles. The summed E-state index contributed by atoms with van der Waals surface area (Å²) >= 11 is 11.8. The summed E-state index contributed by atoms with van der Waals surface area (Å²) in [5, 5.41) is 9.95. The van der Waals surface area contributed by atoms with E-state index in [9.17, 15) is 9.59 Å². The van der Waals surface area contributed by atoms with Crippen LogP contribution >= 0.6 is 23.2 Å². The number of rotatable bonds is 10. The summed E-state index contributed by atoms with van der Waals surface area (Å²) in [6, 6.07) is 4.92. The van der Waals surface area contributed by atoms with Crippen molar-refractivity contribution in [1.82, 2.24) is 4.90 Å². The van der Waals surface area contributed by atoms with Gasteiger partial charge in [-0.3, -0.25) is 9.59 Å². The number of amides is 1. The molecule has 0 radical (unpaired) electrons. The third-order valence-electron chi connectivity index (χ3n) is 3.22. The van der Waals surface area contributed by atoms with Gasteiger partial charge in [-0.15, -0.1) is 0 Å². The number of hydrogen-bond donors (Lipinski definition) is 1. The van der Waals surface area contributed by atoms with Gasteiger partial charge in [-0.05, 0) is 24.6 Å². The average molecular weight is 378 g/mol. The maximum atomic E-state index is 12.1. The summed E-state index contributed by atoms with van der Waals surface area (Å²) in [4.78, 5) is 24.7. The van der Waals surface area contributed by atoms with Crippen molar-refractivity contribution in [2.75, 3.05) is 33.4 Å². The molecule has 0 saturated heterocycles. The maximum Gasteiger partial charge on any atom is 0.307 e. The van der Waals surface area contributed by atoms with Gasteiger partial charge in [0.2, 0.25) is 5.91 Å². The van der Waals surface area contributed by atoms with Crippen LogP contribution in [-0.2, 0) is 14.3 Å². The van der Waals surface area contributed by atoms with Crippen molar-refractivity contribution in [2.24, 2.45) is 0 Å². The van der Waals surface area contributed by atoms with E-state index in [2.05, 4.69) is 4.74 Å². The molecular weight excluding hydrogens is 357 g/mol. The number of aliphatic hydroxyl groups excluding tert-OH is 1. The lowest BCUT2D eigenvalue weighted by molar-refractivity contribution is -0.142. The quantitative estimate of drug-likeness (QED) is 0.500. The smallest absolute Gasteiger partial charge is 0.307 e. The van der Waals surface area contributed by atoms with E-state index in [-0.39, 0.29) is 38.4 Å². The van der Waals surface area contributed by atoms with Gasteiger partial charge in [-0.2, -0.15) is 0 Å². The molecule has 0 bridgehead atoms. The topological polar surface area (TPSA) is 76.1 Å². The van der Waals surface area contributed by atoms with Gasteiger partial charge < -0.3 is 19.5 Å². The van der Waals surface area contributed by atoms with Gasteiger partial charge in [0.15, 0.2) is 0 Å². The minimum absolute atomic E-state index is 0.0964. The Kier molecular flexibility index (Phi) is 9.52. The van der Waals surface area contributed by atoms with Crippen molar-refractivity contribution in [2.45, 2.75) is 19.3 Å². The van der Waals surface area contributed by atoms with Crippen molar-refractivity contribution in [3.05, 3.63) is 28.2 Å². The molecule has 1 N–H and O–H groups in total. The van der Waals surface area contributed by atoms with Crippen LogP contribution in [0.1, 0.15) is 19.3 Å². The van der Waals surface area contributed by atoms with E-state index in [0.29, 0.717) is 28.8 Å². The average Bonchev–Trinajstić information content (AvgIpc) is 2.56. The Morgan fingerprint density at radius 3 is 2.58 bits per heavy atom. The molecule has 0 heterocycles. The van der Waals surface area contributed by atoms with Crippen LogP contribution in [0.2, 0.25) is 10.0 Å². The molecule has 0 atom stereocenters. The molecule has 1 aromatic carbocycles. The number of halogens is 2. The van der Waals surface area contributed by atoms with Crippen LogP contribution in [0.25, 0.3) is 0 Å². The number of esters is 1. The van der Waals surface area contributed by atoms with E-state index < -0.39 is 5.97 Å². The SMILES string of the molecule is COC(=O)CCN(CCO)C(=O)CCCOc1ccc(Cl)cc1Cl. The standard InChI is InChI=1S/C16H21Cl2NO5/c1-23-16(22)6-7-19(8-9-20)15(21)3-2-10-24-14-5-4-12(17)11-13(14)18/h4-5,11,20H,2-3,6-10H2,1H3. The Morgan fingerprint density at radius 1 is 1.21 bits per heavy atom. The van der Waals surface area contributed by atoms with Gasteiger partial charge >= 0.3 is 5.97 Å². The minimum Gasteiger partial charge on any atom is -0.492 e. The van der Waals surface area contributed by atoms with Gasteiger partial charge in [-0.25, -0.2) is 0 Å². The first-order chi connectivity index (χ1) is 11.5. The van der Waals surface area contributed by atoms with E-state index in [1.54, 1.807) is 18.2 Å². The van der Waals surface area contributed by atoms with Gasteiger partial charge in [0.25, 0.3) is 0 Å². The molecule has 1 amide bonds. The highest BCUT2D eigenvalue weighted by Crippen LogP contribution is 2.27. The molecule has 8 heteroatoms. The van der Waals surface area contributed by atoms with Crippen molar-refractivity contribution in [3.8, 4) is 5.75 Å². The van der Waals surface area contributed by atoms with Crippen LogP contribution in [0.5, 0.6) is 5.75 Å². The Bertz CT molecular complexity index is 553. The summed E-state index contributed by atoms with van der Waals surface area (Å²) < 4.78 is 10.1. The second-order valence-electron chi connectivity index (χ2n) is 4.96. The van der Waals surface area contributed by atoms with E-state index >= 15 is 0 Å². The molecule has 0 aromatic heterocycles. The first-order valence-electron chi connectivity index (χ1n) is 7.51. The van der Waals surface area contributed by atoms with Crippen molar-refractivity contribution < 1.29 is 24.2 Å². The fraction of sp³-hybridized carbons (Fsp3) is 0.500. The van der Waals surface area contributed by atoms with E-state index in [4.69, 9.17) is 33.0 Å². The normalized spacial score (nSPS) is 10.3. The molecule has 6 nitrogen and oxygen atoms in total. The van der Waals surface area contributed by atoms with Crippen molar-refractivity contribution in [3.63, 3.8) is 0 Å². The van der Waals surface area contributed by atoms with E-state index in [1.807, 2.05) is 0 Å². The molecule has 24 heavy (non-hydrogen) atoms. The first kappa shape index (κ1) is 20.5. The summed E-state index contributed by atoms with van der Waals surface area (Å²) in [6.45, 7) is 0.552. The highest BCUT2D eigenvalue weighted by atomic mass is 35.5. The molecule has 0 aliphatic carbocycles. The summed E-state index contributed by atoms with van der Waals surface area (Å²) in [7, 11) is 1.29. The highest BCUT2D eigenvalue weighted by molar-refractivity contribution is 6.35. The monoisotopic (exact) mass is 377 g/mol. The van der Waals surface area contributed by atoms with E-state index in [0.717, 1.165) is 0 Å². The second kappa shape index (κ2) is 11.1. The Morgan fingerprint density at radius 2 is 1.96 bits per heavy atom. The number of ether oxygens (including phenoxy) is 2. The number of benzene rings is 1.